The fourth-order valence-corrected chi connectivity index (χ4v) is 2.61. The Balaban J connectivity index is 1.80. The minimum absolute atomic E-state index is 0.146. The molecule has 0 atom stereocenters. The minimum Gasteiger partial charge on any atom is -0.342 e. The summed E-state index contributed by atoms with van der Waals surface area (Å²) >= 11 is 5.85. The predicted molar refractivity (Wildman–Crippen MR) is 104 cm³/mol. The summed E-state index contributed by atoms with van der Waals surface area (Å²) in [7, 11) is 1.83. The van der Waals surface area contributed by atoms with Crippen LogP contribution in [0.1, 0.15) is 0 Å². The Morgan fingerprint density at radius 3 is 2.67 bits per heavy atom. The van der Waals surface area contributed by atoms with Crippen molar-refractivity contribution >= 4 is 23.2 Å². The number of aromatic nitrogens is 4. The Morgan fingerprint density at radius 2 is 2.07 bits per heavy atom. The quantitative estimate of drug-likeness (QED) is 0.516. The van der Waals surface area contributed by atoms with E-state index in [0.717, 1.165) is 11.3 Å². The molecule has 2 heterocycles. The molecule has 0 aliphatic heterocycles. The van der Waals surface area contributed by atoms with Gasteiger partial charge in [0.25, 0.3) is 5.91 Å². The summed E-state index contributed by atoms with van der Waals surface area (Å²) in [5, 5.41) is 11.1. The van der Waals surface area contributed by atoms with Crippen molar-refractivity contribution in [3.63, 3.8) is 0 Å². The first-order valence-corrected chi connectivity index (χ1v) is 8.27. The number of nitrogens with one attached hydrogen (secondary N) is 1. The van der Waals surface area contributed by atoms with Crippen LogP contribution in [0.5, 0.6) is 0 Å². The van der Waals surface area contributed by atoms with Gasteiger partial charge >= 0.3 is 0 Å². The van der Waals surface area contributed by atoms with E-state index in [9.17, 15) is 4.79 Å². The zero-order chi connectivity index (χ0) is 19.4. The highest BCUT2D eigenvalue weighted by atomic mass is 35.5. The van der Waals surface area contributed by atoms with Crippen molar-refractivity contribution in [2.24, 2.45) is 7.05 Å². The van der Waals surface area contributed by atoms with E-state index in [2.05, 4.69) is 33.7 Å². The lowest BCUT2D eigenvalue weighted by Gasteiger charge is -2.08. The van der Waals surface area contributed by atoms with Crippen LogP contribution in [-0.2, 0) is 11.8 Å². The van der Waals surface area contributed by atoms with Crippen LogP contribution in [-0.4, -0.2) is 25.8 Å². The maximum absolute atomic E-state index is 12.3. The summed E-state index contributed by atoms with van der Waals surface area (Å²) < 4.78 is 6.48. The third kappa shape index (κ3) is 4.04. The molecule has 2 aromatic heterocycles. The maximum Gasteiger partial charge on any atom is 0.257 e. The second kappa shape index (κ2) is 7.84. The molecule has 1 N–H and O–H groups in total. The van der Waals surface area contributed by atoms with Crippen LogP contribution in [0.3, 0.4) is 0 Å². The molecule has 27 heavy (non-hydrogen) atoms. The van der Waals surface area contributed by atoms with Gasteiger partial charge in [-0.15, -0.1) is 0 Å². The van der Waals surface area contributed by atoms with Crippen LogP contribution in [0.15, 0.2) is 77.2 Å². The lowest BCUT2D eigenvalue weighted by Crippen LogP contribution is -2.14. The number of anilines is 1. The number of carbonyl (C=O) groups excluding carboxylic acids is 1. The fraction of sp³-hybridized carbons (Fsp3) is 0.0526. The Kier molecular flexibility index (Phi) is 5.33. The van der Waals surface area contributed by atoms with Gasteiger partial charge in [-0.1, -0.05) is 48.1 Å². The summed E-state index contributed by atoms with van der Waals surface area (Å²) in [6, 6.07) is 9.19. The third-order valence-corrected chi connectivity index (χ3v) is 3.93. The standard InChI is InChI=1S/C19H16ClN5O2/c1-4-5-15(12(2)20)19(26)22-14-8-6-13(7-9-14)17-10-16(23-25(17)3)18-21-11-27-24-18/h4-11H,1-2H2,3H3,(H,22,26)/b15-5+. The smallest absolute Gasteiger partial charge is 0.257 e. The molecule has 0 radical (unpaired) electrons. The molecular formula is C19H16ClN5O2. The van der Waals surface area contributed by atoms with Gasteiger partial charge in [-0.2, -0.15) is 10.1 Å². The number of benzene rings is 1. The van der Waals surface area contributed by atoms with Gasteiger partial charge < -0.3 is 9.84 Å². The fourth-order valence-electron chi connectivity index (χ4n) is 2.46. The highest BCUT2D eigenvalue weighted by Crippen LogP contribution is 2.25. The van der Waals surface area contributed by atoms with Crippen LogP contribution in [0.4, 0.5) is 5.69 Å². The second-order valence-electron chi connectivity index (χ2n) is 5.55. The zero-order valence-corrected chi connectivity index (χ0v) is 15.3. The van der Waals surface area contributed by atoms with Crippen LogP contribution < -0.4 is 5.32 Å². The first kappa shape index (κ1) is 18.3. The lowest BCUT2D eigenvalue weighted by molar-refractivity contribution is -0.112. The van der Waals surface area contributed by atoms with E-state index >= 15 is 0 Å². The minimum atomic E-state index is -0.359. The summed E-state index contributed by atoms with van der Waals surface area (Å²) in [5.41, 5.74) is 3.28. The van der Waals surface area contributed by atoms with Gasteiger partial charge in [-0.3, -0.25) is 9.48 Å². The molecule has 0 fully saturated rings. The molecule has 7 nitrogen and oxygen atoms in total. The average molecular weight is 382 g/mol. The number of carbonyl (C=O) groups is 1. The summed E-state index contributed by atoms with van der Waals surface area (Å²) in [5.74, 6) is 0.0612. The van der Waals surface area contributed by atoms with Crippen molar-refractivity contribution in [1.29, 1.82) is 0 Å². The molecule has 136 valence electrons. The Labute approximate surface area is 160 Å². The molecule has 0 saturated heterocycles. The summed E-state index contributed by atoms with van der Waals surface area (Å²) in [6.45, 7) is 7.15. The Bertz CT molecular complexity index is 1020. The predicted octanol–water partition coefficient (Wildman–Crippen LogP) is 3.94. The van der Waals surface area contributed by atoms with E-state index in [1.54, 1.807) is 16.8 Å². The van der Waals surface area contributed by atoms with Crippen molar-refractivity contribution in [2.45, 2.75) is 0 Å². The number of aryl methyl sites for hydroxylation is 1. The number of nitrogens with zero attached hydrogens (tertiary/aromatic N) is 4. The van der Waals surface area contributed by atoms with E-state index < -0.39 is 0 Å². The topological polar surface area (TPSA) is 85.8 Å². The van der Waals surface area contributed by atoms with Crippen molar-refractivity contribution in [1.82, 2.24) is 19.9 Å². The maximum atomic E-state index is 12.3. The van der Waals surface area contributed by atoms with Crippen LogP contribution in [0, 0.1) is 0 Å². The van der Waals surface area contributed by atoms with Crippen molar-refractivity contribution in [3.8, 4) is 22.8 Å². The van der Waals surface area contributed by atoms with Crippen molar-refractivity contribution < 1.29 is 9.32 Å². The summed E-state index contributed by atoms with van der Waals surface area (Å²) in [4.78, 5) is 16.3. The molecule has 3 rings (SSSR count). The third-order valence-electron chi connectivity index (χ3n) is 3.73. The van der Waals surface area contributed by atoms with Gasteiger partial charge in [0.2, 0.25) is 12.2 Å². The number of rotatable bonds is 6. The molecule has 0 bridgehead atoms. The van der Waals surface area contributed by atoms with Crippen molar-refractivity contribution in [3.05, 3.63) is 72.6 Å². The number of hydrogen-bond acceptors (Lipinski definition) is 5. The molecule has 8 heteroatoms. The van der Waals surface area contributed by atoms with Crippen LogP contribution >= 0.6 is 11.6 Å². The molecule has 1 aromatic carbocycles. The van der Waals surface area contributed by atoms with Crippen LogP contribution in [0.25, 0.3) is 22.8 Å². The van der Waals surface area contributed by atoms with Gasteiger partial charge in [0.05, 0.1) is 11.3 Å². The number of allylic oxidation sites excluding steroid dienone is 2. The van der Waals surface area contributed by atoms with Gasteiger partial charge in [-0.05, 0) is 29.8 Å². The van der Waals surface area contributed by atoms with E-state index in [1.165, 1.54) is 18.5 Å². The van der Waals surface area contributed by atoms with Crippen molar-refractivity contribution in [2.75, 3.05) is 5.32 Å². The molecule has 0 aliphatic rings. The molecule has 0 aliphatic carbocycles. The number of amides is 1. The molecule has 0 unspecified atom stereocenters. The summed E-state index contributed by atoms with van der Waals surface area (Å²) in [6.07, 6.45) is 4.25. The zero-order valence-electron chi connectivity index (χ0n) is 14.5. The number of hydrogen-bond donors (Lipinski definition) is 1. The van der Waals surface area contributed by atoms with Gasteiger partial charge in [0, 0.05) is 17.8 Å². The first-order valence-electron chi connectivity index (χ1n) is 7.89. The van der Waals surface area contributed by atoms with Gasteiger partial charge in [-0.25, -0.2) is 0 Å². The molecule has 0 saturated carbocycles. The largest absolute Gasteiger partial charge is 0.342 e. The Morgan fingerprint density at radius 1 is 1.33 bits per heavy atom. The normalized spacial score (nSPS) is 11.3. The highest BCUT2D eigenvalue weighted by Gasteiger charge is 2.14. The van der Waals surface area contributed by atoms with Gasteiger partial charge in [0.1, 0.15) is 5.69 Å². The average Bonchev–Trinajstić information content (AvgIpc) is 3.29. The monoisotopic (exact) mass is 381 g/mol. The van der Waals surface area contributed by atoms with E-state index in [4.69, 9.17) is 16.1 Å². The number of halogens is 1. The van der Waals surface area contributed by atoms with E-state index in [-0.39, 0.29) is 16.5 Å². The van der Waals surface area contributed by atoms with E-state index in [0.29, 0.717) is 17.2 Å². The lowest BCUT2D eigenvalue weighted by atomic mass is 10.1. The first-order chi connectivity index (χ1) is 13.0. The molecule has 3 aromatic rings. The highest BCUT2D eigenvalue weighted by molar-refractivity contribution is 6.35. The Hall–Kier alpha value is -3.45. The van der Waals surface area contributed by atoms with E-state index in [1.807, 2.05) is 25.2 Å². The second-order valence-corrected chi connectivity index (χ2v) is 6.00. The van der Waals surface area contributed by atoms with Gasteiger partial charge in [0.15, 0.2) is 0 Å². The molecule has 0 spiro atoms. The molecule has 1 amide bonds. The van der Waals surface area contributed by atoms with Crippen LogP contribution in [0.2, 0.25) is 0 Å². The molecular weight excluding hydrogens is 366 g/mol. The SMILES string of the molecule is C=C/C=C(\C(=C)Cl)C(=O)Nc1ccc(-c2cc(-c3ncon3)nn2C)cc1.